The van der Waals surface area contributed by atoms with Crippen LogP contribution in [0.4, 0.5) is 0 Å². The molecule has 0 aliphatic carbocycles. The lowest BCUT2D eigenvalue weighted by molar-refractivity contribution is -0.130. The van der Waals surface area contributed by atoms with Crippen LogP contribution in [0.5, 0.6) is 0 Å². The molecule has 1 saturated heterocycles. The lowest BCUT2D eigenvalue weighted by atomic mass is 10.2. The number of piperazine rings is 1. The first kappa shape index (κ1) is 13.1. The molecule has 0 unspecified atom stereocenters. The predicted molar refractivity (Wildman–Crippen MR) is 72.3 cm³/mol. The topological polar surface area (TPSA) is 40.6 Å². The number of carbonyl (C=O) groups is 2. The SMILES string of the molecule is CC(=O)N1CCN(C(=O)c2ccc(Br)cc2)CC1. The van der Waals surface area contributed by atoms with Crippen molar-refractivity contribution in [2.75, 3.05) is 26.2 Å². The molecule has 2 rings (SSSR count). The van der Waals surface area contributed by atoms with E-state index in [0.29, 0.717) is 31.7 Å². The van der Waals surface area contributed by atoms with Crippen LogP contribution in [0.1, 0.15) is 17.3 Å². The van der Waals surface area contributed by atoms with Crippen molar-refractivity contribution in [1.29, 1.82) is 0 Å². The third-order valence-electron chi connectivity index (χ3n) is 3.10. The number of rotatable bonds is 1. The second-order valence-corrected chi connectivity index (χ2v) is 5.22. The molecule has 0 bridgehead atoms. The first-order valence-corrected chi connectivity index (χ1v) is 6.67. The molecular formula is C13H15BrN2O2. The van der Waals surface area contributed by atoms with Crippen molar-refractivity contribution >= 4 is 27.7 Å². The van der Waals surface area contributed by atoms with Crippen molar-refractivity contribution < 1.29 is 9.59 Å². The maximum absolute atomic E-state index is 12.2. The molecule has 5 heteroatoms. The molecule has 18 heavy (non-hydrogen) atoms. The molecule has 96 valence electrons. The Kier molecular flexibility index (Phi) is 4.01. The van der Waals surface area contributed by atoms with Crippen molar-refractivity contribution in [2.45, 2.75) is 6.92 Å². The van der Waals surface area contributed by atoms with Crippen LogP contribution in [-0.4, -0.2) is 47.8 Å². The molecule has 0 radical (unpaired) electrons. The second kappa shape index (κ2) is 5.52. The van der Waals surface area contributed by atoms with Gasteiger partial charge in [-0.2, -0.15) is 0 Å². The minimum atomic E-state index is 0.0331. The van der Waals surface area contributed by atoms with E-state index in [1.165, 1.54) is 0 Å². The normalized spacial score (nSPS) is 15.7. The maximum atomic E-state index is 12.2. The summed E-state index contributed by atoms with van der Waals surface area (Å²) in [6.07, 6.45) is 0. The second-order valence-electron chi connectivity index (χ2n) is 4.31. The number of hydrogen-bond donors (Lipinski definition) is 0. The zero-order chi connectivity index (χ0) is 13.1. The van der Waals surface area contributed by atoms with Gasteiger partial charge in [-0.15, -0.1) is 0 Å². The third-order valence-corrected chi connectivity index (χ3v) is 3.63. The van der Waals surface area contributed by atoms with Gasteiger partial charge in [0, 0.05) is 43.1 Å². The molecule has 1 aliphatic rings. The van der Waals surface area contributed by atoms with Gasteiger partial charge in [0.25, 0.3) is 5.91 Å². The van der Waals surface area contributed by atoms with E-state index in [1.807, 2.05) is 24.3 Å². The Morgan fingerprint density at radius 2 is 1.50 bits per heavy atom. The van der Waals surface area contributed by atoms with Crippen LogP contribution in [0, 0.1) is 0 Å². The van der Waals surface area contributed by atoms with Crippen molar-refractivity contribution in [3.63, 3.8) is 0 Å². The van der Waals surface area contributed by atoms with Crippen LogP contribution in [0.2, 0.25) is 0 Å². The molecule has 0 atom stereocenters. The Labute approximate surface area is 115 Å². The molecule has 1 aromatic rings. The zero-order valence-corrected chi connectivity index (χ0v) is 11.8. The Balaban J connectivity index is 1.99. The minimum Gasteiger partial charge on any atom is -0.339 e. The Morgan fingerprint density at radius 3 is 2.00 bits per heavy atom. The first-order valence-electron chi connectivity index (χ1n) is 5.88. The van der Waals surface area contributed by atoms with E-state index in [1.54, 1.807) is 16.7 Å². The highest BCUT2D eigenvalue weighted by atomic mass is 79.9. The van der Waals surface area contributed by atoms with Crippen molar-refractivity contribution in [3.05, 3.63) is 34.3 Å². The molecule has 1 fully saturated rings. The molecule has 4 nitrogen and oxygen atoms in total. The molecule has 0 N–H and O–H groups in total. The monoisotopic (exact) mass is 310 g/mol. The molecule has 0 spiro atoms. The largest absolute Gasteiger partial charge is 0.339 e. The molecule has 1 heterocycles. The van der Waals surface area contributed by atoms with Gasteiger partial charge in [0.2, 0.25) is 5.91 Å². The van der Waals surface area contributed by atoms with Gasteiger partial charge in [0.05, 0.1) is 0 Å². The summed E-state index contributed by atoms with van der Waals surface area (Å²) >= 11 is 3.35. The number of carbonyl (C=O) groups excluding carboxylic acids is 2. The van der Waals surface area contributed by atoms with Gasteiger partial charge in [0.1, 0.15) is 0 Å². The van der Waals surface area contributed by atoms with E-state index >= 15 is 0 Å². The van der Waals surface area contributed by atoms with Crippen molar-refractivity contribution in [3.8, 4) is 0 Å². The van der Waals surface area contributed by atoms with Gasteiger partial charge in [-0.3, -0.25) is 9.59 Å². The van der Waals surface area contributed by atoms with Gasteiger partial charge in [-0.05, 0) is 24.3 Å². The van der Waals surface area contributed by atoms with Gasteiger partial charge in [0.15, 0.2) is 0 Å². The highest BCUT2D eigenvalue weighted by molar-refractivity contribution is 9.10. The number of amides is 2. The molecule has 1 aromatic carbocycles. The fourth-order valence-electron chi connectivity index (χ4n) is 2.00. The molecule has 1 aliphatic heterocycles. The van der Waals surface area contributed by atoms with Crippen LogP contribution in [-0.2, 0) is 4.79 Å². The molecule has 0 aromatic heterocycles. The Bertz CT molecular complexity index is 451. The summed E-state index contributed by atoms with van der Waals surface area (Å²) in [6, 6.07) is 7.34. The summed E-state index contributed by atoms with van der Waals surface area (Å²) in [5.74, 6) is 0.108. The quantitative estimate of drug-likeness (QED) is 0.793. The lowest BCUT2D eigenvalue weighted by Gasteiger charge is -2.34. The maximum Gasteiger partial charge on any atom is 0.253 e. The fourth-order valence-corrected chi connectivity index (χ4v) is 2.26. The number of benzene rings is 1. The van der Waals surface area contributed by atoms with Crippen LogP contribution >= 0.6 is 15.9 Å². The minimum absolute atomic E-state index is 0.0331. The summed E-state index contributed by atoms with van der Waals surface area (Å²) in [5.41, 5.74) is 0.689. The van der Waals surface area contributed by atoms with E-state index in [-0.39, 0.29) is 11.8 Å². The van der Waals surface area contributed by atoms with Crippen LogP contribution < -0.4 is 0 Å². The third kappa shape index (κ3) is 2.90. The predicted octanol–water partition coefficient (Wildman–Crippen LogP) is 1.75. The zero-order valence-electron chi connectivity index (χ0n) is 10.2. The summed E-state index contributed by atoms with van der Waals surface area (Å²) in [6.45, 7) is 4.02. The van der Waals surface area contributed by atoms with Crippen LogP contribution in [0.15, 0.2) is 28.7 Å². The smallest absolute Gasteiger partial charge is 0.253 e. The summed E-state index contributed by atoms with van der Waals surface area (Å²) in [4.78, 5) is 27.0. The summed E-state index contributed by atoms with van der Waals surface area (Å²) in [5, 5.41) is 0. The summed E-state index contributed by atoms with van der Waals surface area (Å²) in [7, 11) is 0. The lowest BCUT2D eigenvalue weighted by Crippen LogP contribution is -2.50. The number of nitrogens with zero attached hydrogens (tertiary/aromatic N) is 2. The average Bonchev–Trinajstić information content (AvgIpc) is 2.39. The van der Waals surface area contributed by atoms with E-state index in [4.69, 9.17) is 0 Å². The van der Waals surface area contributed by atoms with Gasteiger partial charge in [-0.25, -0.2) is 0 Å². The summed E-state index contributed by atoms with van der Waals surface area (Å²) < 4.78 is 0.959. The standard InChI is InChI=1S/C13H15BrN2O2/c1-10(17)15-6-8-16(9-7-15)13(18)11-2-4-12(14)5-3-11/h2-5H,6-9H2,1H3. The van der Waals surface area contributed by atoms with E-state index in [0.717, 1.165) is 4.47 Å². The highest BCUT2D eigenvalue weighted by Gasteiger charge is 2.22. The fraction of sp³-hybridized carbons (Fsp3) is 0.385. The Hall–Kier alpha value is -1.36. The van der Waals surface area contributed by atoms with Crippen LogP contribution in [0.25, 0.3) is 0 Å². The molecule has 0 saturated carbocycles. The molecular weight excluding hydrogens is 296 g/mol. The van der Waals surface area contributed by atoms with Crippen molar-refractivity contribution in [2.24, 2.45) is 0 Å². The Morgan fingerprint density at radius 1 is 1.00 bits per heavy atom. The van der Waals surface area contributed by atoms with Gasteiger partial charge in [-0.1, -0.05) is 15.9 Å². The van der Waals surface area contributed by atoms with E-state index in [2.05, 4.69) is 15.9 Å². The first-order chi connectivity index (χ1) is 8.58. The van der Waals surface area contributed by atoms with Crippen LogP contribution in [0.3, 0.4) is 0 Å². The van der Waals surface area contributed by atoms with Gasteiger partial charge < -0.3 is 9.80 Å². The molecule has 2 amide bonds. The van der Waals surface area contributed by atoms with Gasteiger partial charge >= 0.3 is 0 Å². The van der Waals surface area contributed by atoms with E-state index in [9.17, 15) is 9.59 Å². The number of halogens is 1. The van der Waals surface area contributed by atoms with E-state index < -0.39 is 0 Å². The number of hydrogen-bond acceptors (Lipinski definition) is 2. The highest BCUT2D eigenvalue weighted by Crippen LogP contribution is 2.13. The van der Waals surface area contributed by atoms with Crippen molar-refractivity contribution in [1.82, 2.24) is 9.80 Å². The average molecular weight is 311 g/mol.